The monoisotopic (exact) mass is 173 g/mol. The van der Waals surface area contributed by atoms with E-state index in [4.69, 9.17) is 12.2 Å². The molecule has 0 aliphatic heterocycles. The molecule has 0 fully saturated rings. The first-order valence-electron chi connectivity index (χ1n) is 2.84. The molecule has 0 unspecified atom stereocenters. The molecular formula is C4H8AlN3OS. The zero-order valence-electron chi connectivity index (χ0n) is 6.16. The summed E-state index contributed by atoms with van der Waals surface area (Å²) in [6.07, 6.45) is 0. The normalized spacial score (nSPS) is 10.2. The van der Waals surface area contributed by atoms with Gasteiger partial charge in [0.25, 0.3) is 0 Å². The lowest BCUT2D eigenvalue weighted by Crippen LogP contribution is -2.22. The first kappa shape index (κ1) is 7.80. The minimum absolute atomic E-state index is 0.0556. The van der Waals surface area contributed by atoms with E-state index in [9.17, 15) is 4.79 Å². The Kier molecular flexibility index (Phi) is 1.86. The topological polar surface area (TPSA) is 31.9 Å². The molecule has 54 valence electrons. The molecule has 0 bridgehead atoms. The van der Waals surface area contributed by atoms with Crippen molar-refractivity contribution in [3.63, 3.8) is 0 Å². The minimum atomic E-state index is -0.0556. The molecule has 0 atom stereocenters. The average Bonchev–Trinajstić information content (AvgIpc) is 2.07. The van der Waals surface area contributed by atoms with Crippen LogP contribution in [0.25, 0.3) is 0 Å². The number of nitrogens with zero attached hydrogens (tertiary/aromatic N) is 3. The van der Waals surface area contributed by atoms with Crippen molar-refractivity contribution in [2.24, 2.45) is 14.1 Å². The molecule has 0 saturated heterocycles. The fourth-order valence-electron chi connectivity index (χ4n) is 0.773. The van der Waals surface area contributed by atoms with E-state index < -0.39 is 0 Å². The largest absolute Gasteiger partial charge is 0.399 e. The first-order valence-corrected chi connectivity index (χ1v) is 4.15. The zero-order chi connectivity index (χ0) is 7.89. The standard InChI is InChI=1S/C4H7N3OS.Al.2H/c1-6-3(9)5-7(2)4(6)8;;;/h1-2H3,(H,5,9);;;/q;+1;;/p-1. The van der Waals surface area contributed by atoms with Gasteiger partial charge in [0.1, 0.15) is 0 Å². The second kappa shape index (κ2) is 2.38. The average molecular weight is 173 g/mol. The van der Waals surface area contributed by atoms with Gasteiger partial charge in [0.2, 0.25) is 0 Å². The molecule has 1 aromatic rings. The van der Waals surface area contributed by atoms with Crippen molar-refractivity contribution in [2.75, 3.05) is 0 Å². The van der Waals surface area contributed by atoms with E-state index in [-0.39, 0.29) is 5.69 Å². The van der Waals surface area contributed by atoms with Crippen LogP contribution in [0.5, 0.6) is 0 Å². The van der Waals surface area contributed by atoms with Gasteiger partial charge >= 0.3 is 22.2 Å². The van der Waals surface area contributed by atoms with Crippen molar-refractivity contribution in [2.45, 2.75) is 0 Å². The summed E-state index contributed by atoms with van der Waals surface area (Å²) in [7, 11) is 3.39. The van der Waals surface area contributed by atoms with E-state index in [1.54, 1.807) is 17.8 Å². The lowest BCUT2D eigenvalue weighted by molar-refractivity contribution is 0.678. The highest BCUT2D eigenvalue weighted by molar-refractivity contribution is 7.71. The number of hydrogen-bond donors (Lipinski definition) is 0. The van der Waals surface area contributed by atoms with E-state index in [1.165, 1.54) is 9.25 Å². The number of hydrogen-bond acceptors (Lipinski definition) is 2. The number of rotatable bonds is 0. The summed E-state index contributed by atoms with van der Waals surface area (Å²) in [4.78, 5) is 11.1. The van der Waals surface area contributed by atoms with E-state index in [1.807, 2.05) is 0 Å². The van der Waals surface area contributed by atoms with Crippen LogP contribution >= 0.6 is 12.2 Å². The molecule has 0 aliphatic rings. The molecule has 1 rings (SSSR count). The van der Waals surface area contributed by atoms with Crippen LogP contribution in [0.1, 0.15) is 0 Å². The van der Waals surface area contributed by atoms with E-state index >= 15 is 0 Å². The van der Waals surface area contributed by atoms with Crippen molar-refractivity contribution >= 4 is 28.7 Å². The van der Waals surface area contributed by atoms with Crippen LogP contribution in [0.4, 0.5) is 0 Å². The molecule has 6 heteroatoms. The highest BCUT2D eigenvalue weighted by Gasteiger charge is 1.99. The molecule has 0 amide bonds. The van der Waals surface area contributed by atoms with Crippen LogP contribution in [0, 0.1) is 4.77 Å². The van der Waals surface area contributed by atoms with Gasteiger partial charge in [0, 0.05) is 14.1 Å². The predicted octanol–water partition coefficient (Wildman–Crippen LogP) is -1.35. The van der Waals surface area contributed by atoms with Crippen molar-refractivity contribution in [3.05, 3.63) is 15.3 Å². The fraction of sp³-hybridized carbons (Fsp3) is 0.500. The van der Waals surface area contributed by atoms with Crippen LogP contribution in [0.3, 0.4) is 0 Å². The van der Waals surface area contributed by atoms with Gasteiger partial charge in [-0.25, -0.2) is 4.79 Å². The Balaban J connectivity index is 3.77. The van der Waals surface area contributed by atoms with Gasteiger partial charge in [0.15, 0.2) is 4.77 Å². The molecule has 4 nitrogen and oxygen atoms in total. The first-order chi connectivity index (χ1) is 4.55. The van der Waals surface area contributed by atoms with Crippen LogP contribution in [-0.2, 0) is 14.1 Å². The maximum Gasteiger partial charge on any atom is 0.399 e. The summed E-state index contributed by atoms with van der Waals surface area (Å²) in [6.45, 7) is 0. The van der Waals surface area contributed by atoms with Crippen LogP contribution in [0.15, 0.2) is 4.79 Å². The molecule has 0 aromatic carbocycles. The fourth-order valence-corrected chi connectivity index (χ4v) is 1.44. The van der Waals surface area contributed by atoms with E-state index in [0.717, 1.165) is 16.5 Å². The Morgan fingerprint density at radius 3 is 2.10 bits per heavy atom. The Labute approximate surface area is 71.3 Å². The quantitative estimate of drug-likeness (QED) is 0.359. The molecule has 1 heterocycles. The van der Waals surface area contributed by atoms with Gasteiger partial charge in [-0.1, -0.05) is 0 Å². The maximum atomic E-state index is 11.1. The third kappa shape index (κ3) is 0.888. The van der Waals surface area contributed by atoms with Gasteiger partial charge in [-0.2, -0.15) is 0 Å². The molecule has 0 aliphatic carbocycles. The lowest BCUT2D eigenvalue weighted by atomic mass is 11.0. The molecule has 0 saturated carbocycles. The smallest absolute Gasteiger partial charge is 0.362 e. The molecule has 1 aromatic heterocycles. The van der Waals surface area contributed by atoms with Gasteiger partial charge in [-0.15, -0.1) is 0 Å². The summed E-state index contributed by atoms with van der Waals surface area (Å²) in [6, 6.07) is 0. The second-order valence-corrected chi connectivity index (χ2v) is 3.38. The molecule has 10 heavy (non-hydrogen) atoms. The molecule has 0 spiro atoms. The summed E-state index contributed by atoms with van der Waals surface area (Å²) in [5, 5.41) is 0. The predicted molar refractivity (Wildman–Crippen MR) is 43.4 cm³/mol. The van der Waals surface area contributed by atoms with Gasteiger partial charge in [-0.3, -0.25) is 9.25 Å². The highest BCUT2D eigenvalue weighted by Crippen LogP contribution is 1.81. The molecular weight excluding hydrogens is 165 g/mol. The lowest BCUT2D eigenvalue weighted by Gasteiger charge is -1.94. The Morgan fingerprint density at radius 2 is 2.00 bits per heavy atom. The highest BCUT2D eigenvalue weighted by atomic mass is 32.1. The molecule has 0 radical (unpaired) electrons. The SMILES string of the molecule is Cn1c(=O)n(C)[n]([AlH2])c1=S. The van der Waals surface area contributed by atoms with E-state index in [0.29, 0.717) is 4.77 Å². The van der Waals surface area contributed by atoms with Crippen LogP contribution in [-0.4, -0.2) is 29.4 Å². The van der Waals surface area contributed by atoms with Gasteiger partial charge in [0.05, 0.1) is 0 Å². The van der Waals surface area contributed by atoms with Crippen molar-refractivity contribution in [3.8, 4) is 0 Å². The number of aromatic nitrogens is 3. The maximum absolute atomic E-state index is 11.1. The van der Waals surface area contributed by atoms with Crippen LogP contribution < -0.4 is 5.69 Å². The summed E-state index contributed by atoms with van der Waals surface area (Å²) in [5.74, 6) is 0. The van der Waals surface area contributed by atoms with Gasteiger partial charge < -0.3 is 3.67 Å². The van der Waals surface area contributed by atoms with Crippen molar-refractivity contribution in [1.82, 2.24) is 12.9 Å². The summed E-state index contributed by atoms with van der Waals surface area (Å²) >= 11 is 5.70. The summed E-state index contributed by atoms with van der Waals surface area (Å²) < 4.78 is 5.34. The van der Waals surface area contributed by atoms with Gasteiger partial charge in [-0.05, 0) is 12.2 Å². The third-order valence-electron chi connectivity index (χ3n) is 1.58. The minimum Gasteiger partial charge on any atom is -0.362 e. The van der Waals surface area contributed by atoms with Crippen molar-refractivity contribution in [1.29, 1.82) is 0 Å². The second-order valence-electron chi connectivity index (χ2n) is 2.17. The van der Waals surface area contributed by atoms with Crippen molar-refractivity contribution < 1.29 is 0 Å². The Hall–Kier alpha value is -0.308. The third-order valence-corrected chi connectivity index (χ3v) is 3.46. The Morgan fingerprint density at radius 1 is 1.50 bits per heavy atom. The van der Waals surface area contributed by atoms with E-state index in [2.05, 4.69) is 0 Å². The van der Waals surface area contributed by atoms with Crippen LogP contribution in [0.2, 0.25) is 0 Å². The summed E-state index contributed by atoms with van der Waals surface area (Å²) in [5.41, 5.74) is -0.0556. The Bertz CT molecular complexity index is 326. The zero-order valence-corrected chi connectivity index (χ0v) is 8.97. The molecule has 0 N–H and O–H groups in total.